The molecule has 0 aromatic heterocycles. The van der Waals surface area contributed by atoms with Crippen molar-refractivity contribution in [2.75, 3.05) is 0 Å². The van der Waals surface area contributed by atoms with Gasteiger partial charge in [-0.2, -0.15) is 0 Å². The van der Waals surface area contributed by atoms with Crippen LogP contribution in [0.5, 0.6) is 0 Å². The van der Waals surface area contributed by atoms with Gasteiger partial charge in [-0.25, -0.2) is 4.79 Å². The largest absolute Gasteiger partial charge is 0.443 e. The fraction of sp³-hybridized carbons (Fsp3) is 0.667. The van der Waals surface area contributed by atoms with E-state index in [9.17, 15) is 4.79 Å². The van der Waals surface area contributed by atoms with Gasteiger partial charge in [0.2, 0.25) is 0 Å². The molecule has 0 rings (SSSR count). The first-order valence-electron chi connectivity index (χ1n) is 4.19. The first-order valence-corrected chi connectivity index (χ1v) is 4.19. The van der Waals surface area contributed by atoms with Crippen LogP contribution in [0.1, 0.15) is 27.2 Å². The summed E-state index contributed by atoms with van der Waals surface area (Å²) in [7, 11) is 0. The van der Waals surface area contributed by atoms with Gasteiger partial charge in [-0.1, -0.05) is 13.5 Å². The summed E-state index contributed by atoms with van der Waals surface area (Å²) in [5.41, 5.74) is 0. The summed E-state index contributed by atoms with van der Waals surface area (Å²) in [5, 5.41) is 3.10. The summed E-state index contributed by atoms with van der Waals surface area (Å²) in [5.74, 6) is -0.380. The van der Waals surface area contributed by atoms with Crippen molar-refractivity contribution >= 4 is 5.97 Å². The maximum atomic E-state index is 10.8. The summed E-state index contributed by atoms with van der Waals surface area (Å²) in [6.07, 6.45) is 1.73. The van der Waals surface area contributed by atoms with Crippen LogP contribution in [-0.2, 0) is 9.53 Å². The molecule has 0 aromatic carbocycles. The van der Waals surface area contributed by atoms with Crippen LogP contribution in [-0.4, -0.2) is 18.2 Å². The lowest BCUT2D eigenvalue weighted by Gasteiger charge is -2.19. The summed E-state index contributed by atoms with van der Waals surface area (Å²) in [6.45, 7) is 9.29. The van der Waals surface area contributed by atoms with E-state index in [4.69, 9.17) is 4.74 Å². The molecule has 0 aliphatic heterocycles. The average molecular weight is 171 g/mol. The molecule has 1 N–H and O–H groups in total. The first kappa shape index (κ1) is 11.2. The predicted molar refractivity (Wildman–Crippen MR) is 48.6 cm³/mol. The van der Waals surface area contributed by atoms with E-state index in [0.29, 0.717) is 6.04 Å². The minimum atomic E-state index is -0.380. The zero-order valence-electron chi connectivity index (χ0n) is 7.96. The Bertz CT molecular complexity index is 155. The molecule has 0 saturated carbocycles. The summed E-state index contributed by atoms with van der Waals surface area (Å²) in [6, 6.07) is 0.313. The Balaban J connectivity index is 3.82. The van der Waals surface area contributed by atoms with Gasteiger partial charge in [-0.05, 0) is 20.3 Å². The molecule has 3 heteroatoms. The van der Waals surface area contributed by atoms with Gasteiger partial charge in [0.1, 0.15) is 0 Å². The monoisotopic (exact) mass is 171 g/mol. The lowest BCUT2D eigenvalue weighted by Crippen LogP contribution is -2.37. The van der Waals surface area contributed by atoms with Crippen molar-refractivity contribution in [3.8, 4) is 0 Å². The van der Waals surface area contributed by atoms with Crippen molar-refractivity contribution in [1.82, 2.24) is 5.32 Å². The van der Waals surface area contributed by atoms with Crippen molar-refractivity contribution in [2.24, 2.45) is 0 Å². The number of carbonyl (C=O) groups excluding carboxylic acids is 1. The highest BCUT2D eigenvalue weighted by Crippen LogP contribution is 1.96. The number of hydrogen-bond acceptors (Lipinski definition) is 3. The molecule has 0 heterocycles. The third-order valence-corrected chi connectivity index (χ3v) is 1.32. The lowest BCUT2D eigenvalue weighted by atomic mass is 10.3. The van der Waals surface area contributed by atoms with Crippen LogP contribution < -0.4 is 5.32 Å². The molecule has 0 aromatic rings. The molecule has 70 valence electrons. The summed E-state index contributed by atoms with van der Waals surface area (Å²) in [4.78, 5) is 10.8. The van der Waals surface area contributed by atoms with Crippen LogP contribution in [0.4, 0.5) is 0 Å². The zero-order valence-corrected chi connectivity index (χ0v) is 7.96. The third kappa shape index (κ3) is 4.91. The average Bonchev–Trinajstić information content (AvgIpc) is 2.02. The molecular weight excluding hydrogens is 154 g/mol. The van der Waals surface area contributed by atoms with E-state index in [1.165, 1.54) is 6.08 Å². The molecule has 0 aliphatic carbocycles. The molecule has 0 bridgehead atoms. The van der Waals surface area contributed by atoms with Crippen LogP contribution >= 0.6 is 0 Å². The fourth-order valence-corrected chi connectivity index (χ4v) is 0.795. The molecule has 0 radical (unpaired) electrons. The molecule has 0 aliphatic rings. The lowest BCUT2D eigenvalue weighted by molar-refractivity contribution is -0.145. The van der Waals surface area contributed by atoms with Gasteiger partial charge in [-0.3, -0.25) is 5.32 Å². The number of hydrogen-bond donors (Lipinski definition) is 1. The molecule has 3 nitrogen and oxygen atoms in total. The maximum Gasteiger partial charge on any atom is 0.331 e. The van der Waals surface area contributed by atoms with Crippen molar-refractivity contribution in [1.29, 1.82) is 0 Å². The Hall–Kier alpha value is -0.830. The van der Waals surface area contributed by atoms with E-state index in [0.717, 1.165) is 6.42 Å². The quantitative estimate of drug-likeness (QED) is 0.386. The van der Waals surface area contributed by atoms with Gasteiger partial charge in [0, 0.05) is 12.1 Å². The molecule has 0 spiro atoms. The summed E-state index contributed by atoms with van der Waals surface area (Å²) < 4.78 is 4.99. The van der Waals surface area contributed by atoms with Crippen molar-refractivity contribution in [2.45, 2.75) is 39.5 Å². The van der Waals surface area contributed by atoms with E-state index in [-0.39, 0.29) is 12.2 Å². The van der Waals surface area contributed by atoms with E-state index in [1.54, 1.807) is 0 Å². The normalized spacial score (nSPS) is 12.7. The first-order chi connectivity index (χ1) is 5.60. The van der Waals surface area contributed by atoms with Gasteiger partial charge in [0.05, 0.1) is 0 Å². The van der Waals surface area contributed by atoms with Crippen molar-refractivity contribution in [3.05, 3.63) is 12.7 Å². The van der Waals surface area contributed by atoms with Crippen molar-refractivity contribution in [3.63, 3.8) is 0 Å². The maximum absolute atomic E-state index is 10.8. The second-order valence-corrected chi connectivity index (χ2v) is 2.86. The molecule has 12 heavy (non-hydrogen) atoms. The minimum absolute atomic E-state index is 0.199. The Morgan fingerprint density at radius 2 is 2.25 bits per heavy atom. The highest BCUT2D eigenvalue weighted by Gasteiger charge is 2.09. The third-order valence-electron chi connectivity index (χ3n) is 1.32. The number of rotatable bonds is 5. The topological polar surface area (TPSA) is 38.3 Å². The van der Waals surface area contributed by atoms with Crippen LogP contribution in [0.25, 0.3) is 0 Å². The zero-order chi connectivity index (χ0) is 9.56. The predicted octanol–water partition coefficient (Wildman–Crippen LogP) is 1.45. The summed E-state index contributed by atoms with van der Waals surface area (Å²) >= 11 is 0. The van der Waals surface area contributed by atoms with Gasteiger partial charge in [0.25, 0.3) is 0 Å². The second kappa shape index (κ2) is 5.77. The molecule has 1 atom stereocenters. The van der Waals surface area contributed by atoms with Crippen molar-refractivity contribution < 1.29 is 9.53 Å². The van der Waals surface area contributed by atoms with Gasteiger partial charge in [-0.15, -0.1) is 0 Å². The van der Waals surface area contributed by atoms with Crippen LogP contribution in [0.15, 0.2) is 12.7 Å². The Kier molecular flexibility index (Phi) is 5.37. The highest BCUT2D eigenvalue weighted by molar-refractivity contribution is 5.81. The van der Waals surface area contributed by atoms with E-state index in [1.807, 2.05) is 20.8 Å². The molecule has 0 amide bonds. The number of nitrogens with one attached hydrogen (secondary N) is 1. The molecule has 1 unspecified atom stereocenters. The Labute approximate surface area is 73.8 Å². The highest BCUT2D eigenvalue weighted by atomic mass is 16.6. The molecule has 0 fully saturated rings. The standard InChI is InChI=1S/C9H17NO2/c1-5-8(10-7(3)4)12-9(11)6-2/h6-8,10H,2,5H2,1,3-4H3. The minimum Gasteiger partial charge on any atom is -0.443 e. The second-order valence-electron chi connectivity index (χ2n) is 2.86. The number of ether oxygens (including phenoxy) is 1. The van der Waals surface area contributed by atoms with Gasteiger partial charge < -0.3 is 4.74 Å². The SMILES string of the molecule is C=CC(=O)OC(CC)NC(C)C. The van der Waals surface area contributed by atoms with E-state index < -0.39 is 0 Å². The van der Waals surface area contributed by atoms with Gasteiger partial charge in [0.15, 0.2) is 6.23 Å². The number of carbonyl (C=O) groups is 1. The van der Waals surface area contributed by atoms with Crippen LogP contribution in [0.3, 0.4) is 0 Å². The number of esters is 1. The molecule has 0 saturated heterocycles. The fourth-order valence-electron chi connectivity index (χ4n) is 0.795. The van der Waals surface area contributed by atoms with E-state index in [2.05, 4.69) is 11.9 Å². The smallest absolute Gasteiger partial charge is 0.331 e. The Morgan fingerprint density at radius 1 is 1.67 bits per heavy atom. The molecular formula is C9H17NO2. The Morgan fingerprint density at radius 3 is 2.58 bits per heavy atom. The van der Waals surface area contributed by atoms with Crippen LogP contribution in [0, 0.1) is 0 Å². The van der Waals surface area contributed by atoms with E-state index >= 15 is 0 Å². The van der Waals surface area contributed by atoms with Crippen LogP contribution in [0.2, 0.25) is 0 Å². The van der Waals surface area contributed by atoms with Gasteiger partial charge >= 0.3 is 5.97 Å².